The van der Waals surface area contributed by atoms with Crippen LogP contribution in [0.1, 0.15) is 19.0 Å². The maximum absolute atomic E-state index is 3.28. The van der Waals surface area contributed by atoms with Crippen molar-refractivity contribution in [2.45, 2.75) is 20.8 Å². The van der Waals surface area contributed by atoms with E-state index in [1.54, 1.807) is 0 Å². The summed E-state index contributed by atoms with van der Waals surface area (Å²) in [5.41, 5.74) is 1.35. The third kappa shape index (κ3) is 2.39. The first kappa shape index (κ1) is 9.65. The molecule has 0 amide bonds. The van der Waals surface area contributed by atoms with Crippen LogP contribution in [0.2, 0.25) is 0 Å². The molecule has 48 valence electrons. The zero-order chi connectivity index (χ0) is 6.15. The number of hydrogen-bond donors (Lipinski definition) is 0. The summed E-state index contributed by atoms with van der Waals surface area (Å²) in [6.07, 6.45) is 0. The summed E-state index contributed by atoms with van der Waals surface area (Å²) < 4.78 is 0. The van der Waals surface area contributed by atoms with Crippen molar-refractivity contribution < 1.29 is 28.7 Å². The van der Waals surface area contributed by atoms with Crippen molar-refractivity contribution in [3.63, 3.8) is 0 Å². The van der Waals surface area contributed by atoms with Gasteiger partial charge < -0.3 is 2.85 Å². The van der Waals surface area contributed by atoms with Gasteiger partial charge in [0.1, 0.15) is 0 Å². The molecule has 2 heteroatoms. The Morgan fingerprint density at radius 1 is 1.33 bits per heavy atom. The fourth-order valence-electron chi connectivity index (χ4n) is 0.781. The van der Waals surface area contributed by atoms with Gasteiger partial charge in [-0.3, -0.25) is 0 Å². The van der Waals surface area contributed by atoms with Crippen molar-refractivity contribution in [3.8, 4) is 0 Å². The van der Waals surface area contributed by atoms with Crippen LogP contribution < -0.4 is 0 Å². The molecule has 0 N–H and O–H groups in total. The smallest absolute Gasteiger partial charge is 1.00 e. The van der Waals surface area contributed by atoms with Crippen molar-refractivity contribution in [1.82, 2.24) is 0 Å². The minimum atomic E-state index is 0. The van der Waals surface area contributed by atoms with Crippen molar-refractivity contribution in [2.24, 2.45) is 0 Å². The van der Waals surface area contributed by atoms with E-state index in [0.717, 1.165) is 8.19 Å². The Morgan fingerprint density at radius 3 is 2.00 bits per heavy atom. The maximum atomic E-state index is 3.28. The molecule has 1 aromatic heterocycles. The van der Waals surface area contributed by atoms with Crippen molar-refractivity contribution in [3.05, 3.63) is 22.2 Å². The number of aryl methyl sites for hydroxylation is 3. The Balaban J connectivity index is -0.000000213. The van der Waals surface area contributed by atoms with Crippen LogP contribution in [-0.2, 0) is 25.8 Å². The minimum absolute atomic E-state index is 0. The molecule has 0 saturated heterocycles. The Labute approximate surface area is 79.9 Å². The molecule has 0 radical (unpaired) electrons. The second-order valence-electron chi connectivity index (χ2n) is 2.12. The largest absolute Gasteiger partial charge is 3.00 e. The Kier molecular flexibility index (Phi) is 4.00. The molecular formula is C7H12PSc. The summed E-state index contributed by atoms with van der Waals surface area (Å²) in [5, 5.41) is 2.91. The van der Waals surface area contributed by atoms with E-state index in [2.05, 4.69) is 26.8 Å². The standard InChI is InChI=1S/C7H10P.Sc.2H/c1-5-4-6(2)8-7(5)3;;;/h8H,1-3H3;;;/q-1;+3;2*-1. The quantitative estimate of drug-likeness (QED) is 0.528. The normalized spacial score (nSPS) is 9.67. The van der Waals surface area contributed by atoms with Gasteiger partial charge in [-0.25, -0.2) is 19.8 Å². The van der Waals surface area contributed by atoms with Gasteiger partial charge in [-0.1, -0.05) is 13.8 Å². The number of rotatable bonds is 0. The third-order valence-electron chi connectivity index (χ3n) is 1.31. The Morgan fingerprint density at radius 2 is 1.89 bits per heavy atom. The van der Waals surface area contributed by atoms with E-state index in [9.17, 15) is 0 Å². The minimum Gasteiger partial charge on any atom is -1.00 e. The molecule has 0 aliphatic heterocycles. The molecule has 0 aliphatic rings. The van der Waals surface area contributed by atoms with Crippen LogP contribution in [-0.4, -0.2) is 0 Å². The predicted molar refractivity (Wildman–Crippen MR) is 41.2 cm³/mol. The average Bonchev–Trinajstić information content (AvgIpc) is 1.85. The van der Waals surface area contributed by atoms with Gasteiger partial charge in [-0.2, -0.15) is 5.30 Å². The van der Waals surface area contributed by atoms with Gasteiger partial charge >= 0.3 is 25.8 Å². The molecule has 1 unspecified atom stereocenters. The first-order valence-electron chi connectivity index (χ1n) is 2.75. The van der Waals surface area contributed by atoms with Crippen LogP contribution in [0.4, 0.5) is 0 Å². The van der Waals surface area contributed by atoms with E-state index < -0.39 is 0 Å². The van der Waals surface area contributed by atoms with Crippen LogP contribution in [0.25, 0.3) is 0 Å². The van der Waals surface area contributed by atoms with Crippen LogP contribution in [0.5, 0.6) is 0 Å². The average molecular weight is 172 g/mol. The molecular weight excluding hydrogens is 160 g/mol. The molecule has 9 heavy (non-hydrogen) atoms. The van der Waals surface area contributed by atoms with E-state index in [0.29, 0.717) is 0 Å². The molecule has 1 atom stereocenters. The van der Waals surface area contributed by atoms with E-state index in [1.807, 2.05) is 0 Å². The van der Waals surface area contributed by atoms with Gasteiger partial charge in [-0.05, 0) is 0 Å². The van der Waals surface area contributed by atoms with Gasteiger partial charge in [0.25, 0.3) is 0 Å². The molecule has 0 aliphatic carbocycles. The van der Waals surface area contributed by atoms with Crippen LogP contribution in [0.15, 0.2) is 0 Å². The molecule has 0 nitrogen and oxygen atoms in total. The molecule has 0 aromatic carbocycles. The summed E-state index contributed by atoms with van der Waals surface area (Å²) in [5.74, 6) is 0. The van der Waals surface area contributed by atoms with Gasteiger partial charge in [0.15, 0.2) is 0 Å². The summed E-state index contributed by atoms with van der Waals surface area (Å²) in [6.45, 7) is 6.44. The second kappa shape index (κ2) is 3.73. The zero-order valence-corrected chi connectivity index (χ0v) is 8.88. The van der Waals surface area contributed by atoms with Gasteiger partial charge in [-0.15, -0.1) is 12.2 Å². The first-order chi connectivity index (χ1) is 3.70. The zero-order valence-electron chi connectivity index (χ0n) is 8.08. The van der Waals surface area contributed by atoms with Crippen molar-refractivity contribution in [2.75, 3.05) is 0 Å². The molecule has 1 heterocycles. The predicted octanol–water partition coefficient (Wildman–Crippen LogP) is 2.67. The number of hydrogen-bond acceptors (Lipinski definition) is 0. The summed E-state index contributed by atoms with van der Waals surface area (Å²) in [4.78, 5) is 0. The maximum Gasteiger partial charge on any atom is 3.00 e. The van der Waals surface area contributed by atoms with E-state index in [4.69, 9.17) is 0 Å². The molecule has 1 rings (SSSR count). The fraction of sp³-hybridized carbons (Fsp3) is 0.429. The van der Waals surface area contributed by atoms with Crippen LogP contribution in [0.3, 0.4) is 0 Å². The second-order valence-corrected chi connectivity index (χ2v) is 3.88. The third-order valence-corrected chi connectivity index (χ3v) is 2.56. The molecule has 0 bridgehead atoms. The first-order valence-corrected chi connectivity index (χ1v) is 3.75. The van der Waals surface area contributed by atoms with E-state index in [-0.39, 0.29) is 28.7 Å². The molecule has 0 fully saturated rings. The van der Waals surface area contributed by atoms with Crippen LogP contribution >= 0.6 is 8.19 Å². The molecule has 0 spiro atoms. The monoisotopic (exact) mass is 172 g/mol. The van der Waals surface area contributed by atoms with Crippen LogP contribution in [0, 0.1) is 26.8 Å². The van der Waals surface area contributed by atoms with Gasteiger partial charge in [0.2, 0.25) is 0 Å². The van der Waals surface area contributed by atoms with Crippen molar-refractivity contribution >= 4 is 8.19 Å². The fourth-order valence-corrected chi connectivity index (χ4v) is 1.84. The summed E-state index contributed by atoms with van der Waals surface area (Å²) >= 11 is 0. The topological polar surface area (TPSA) is 0 Å². The van der Waals surface area contributed by atoms with Gasteiger partial charge in [0.05, 0.1) is 0 Å². The Bertz CT molecular complexity index is 179. The van der Waals surface area contributed by atoms with E-state index >= 15 is 0 Å². The SMILES string of the molecule is Cc1[c-]c(C)c(C)[pH]1.[H-].[H-].[Sc+3]. The van der Waals surface area contributed by atoms with E-state index in [1.165, 1.54) is 16.2 Å². The molecule has 0 saturated carbocycles. The van der Waals surface area contributed by atoms with Crippen molar-refractivity contribution in [1.29, 1.82) is 0 Å². The molecule has 1 aromatic rings. The summed E-state index contributed by atoms with van der Waals surface area (Å²) in [6, 6.07) is 3.28. The summed E-state index contributed by atoms with van der Waals surface area (Å²) in [7, 11) is 0.922. The van der Waals surface area contributed by atoms with Gasteiger partial charge in [0, 0.05) is 0 Å². The Hall–Kier alpha value is 0.650.